The predicted molar refractivity (Wildman–Crippen MR) is 74.9 cm³/mol. The molecule has 3 nitrogen and oxygen atoms in total. The van der Waals surface area contributed by atoms with Gasteiger partial charge >= 0.3 is 0 Å². The molecule has 0 spiro atoms. The van der Waals surface area contributed by atoms with Gasteiger partial charge in [0.25, 0.3) is 0 Å². The molecule has 2 N–H and O–H groups in total. The van der Waals surface area contributed by atoms with Crippen LogP contribution in [0.3, 0.4) is 0 Å². The SMILES string of the molecule is CC(N)C(c1cccc(F)c1)N(CCC#N)C(C)C. The zero-order valence-electron chi connectivity index (χ0n) is 11.8. The first-order valence-corrected chi connectivity index (χ1v) is 6.61. The Balaban J connectivity index is 3.07. The quantitative estimate of drug-likeness (QED) is 0.858. The molecule has 0 saturated heterocycles. The Morgan fingerprint density at radius 2 is 2.05 bits per heavy atom. The van der Waals surface area contributed by atoms with Crippen LogP contribution in [-0.4, -0.2) is 23.5 Å². The van der Waals surface area contributed by atoms with Crippen molar-refractivity contribution in [1.29, 1.82) is 5.26 Å². The maximum atomic E-state index is 13.4. The summed E-state index contributed by atoms with van der Waals surface area (Å²) in [7, 11) is 0. The Hall–Kier alpha value is -1.44. The van der Waals surface area contributed by atoms with Crippen molar-refractivity contribution >= 4 is 0 Å². The zero-order valence-corrected chi connectivity index (χ0v) is 11.8. The van der Waals surface area contributed by atoms with Gasteiger partial charge in [-0.15, -0.1) is 0 Å². The number of rotatable bonds is 6. The Morgan fingerprint density at radius 1 is 1.37 bits per heavy atom. The van der Waals surface area contributed by atoms with E-state index in [-0.39, 0.29) is 23.9 Å². The fourth-order valence-corrected chi connectivity index (χ4v) is 2.39. The number of nitrogens with zero attached hydrogens (tertiary/aromatic N) is 2. The van der Waals surface area contributed by atoms with Gasteiger partial charge in [-0.1, -0.05) is 12.1 Å². The molecule has 0 aliphatic heterocycles. The van der Waals surface area contributed by atoms with Crippen LogP contribution < -0.4 is 5.73 Å². The molecule has 1 rings (SSSR count). The molecule has 0 fully saturated rings. The van der Waals surface area contributed by atoms with Crippen molar-refractivity contribution in [2.45, 2.75) is 45.3 Å². The van der Waals surface area contributed by atoms with Gasteiger partial charge in [-0.2, -0.15) is 5.26 Å². The number of hydrogen-bond acceptors (Lipinski definition) is 3. The Morgan fingerprint density at radius 3 is 2.53 bits per heavy atom. The summed E-state index contributed by atoms with van der Waals surface area (Å²) in [5, 5.41) is 8.76. The lowest BCUT2D eigenvalue weighted by Crippen LogP contribution is -2.43. The first kappa shape index (κ1) is 15.6. The number of halogens is 1. The molecule has 0 radical (unpaired) electrons. The van der Waals surface area contributed by atoms with Crippen LogP contribution in [0.25, 0.3) is 0 Å². The van der Waals surface area contributed by atoms with E-state index in [1.165, 1.54) is 12.1 Å². The Bertz CT molecular complexity index is 437. The van der Waals surface area contributed by atoms with E-state index in [0.29, 0.717) is 13.0 Å². The molecule has 0 bridgehead atoms. The lowest BCUT2D eigenvalue weighted by molar-refractivity contribution is 0.139. The van der Waals surface area contributed by atoms with E-state index in [0.717, 1.165) is 5.56 Å². The second-order valence-electron chi connectivity index (χ2n) is 5.10. The van der Waals surface area contributed by atoms with E-state index in [4.69, 9.17) is 11.0 Å². The van der Waals surface area contributed by atoms with Gasteiger partial charge in [0.15, 0.2) is 0 Å². The number of hydrogen-bond donors (Lipinski definition) is 1. The summed E-state index contributed by atoms with van der Waals surface area (Å²) in [6, 6.07) is 8.72. The van der Waals surface area contributed by atoms with Crippen molar-refractivity contribution in [2.24, 2.45) is 5.73 Å². The minimum atomic E-state index is -0.257. The molecule has 1 aromatic rings. The van der Waals surface area contributed by atoms with Crippen LogP contribution in [0.2, 0.25) is 0 Å². The zero-order chi connectivity index (χ0) is 14.4. The van der Waals surface area contributed by atoms with Crippen LogP contribution in [0.15, 0.2) is 24.3 Å². The summed E-state index contributed by atoms with van der Waals surface area (Å²) in [5.74, 6) is -0.257. The van der Waals surface area contributed by atoms with Gasteiger partial charge in [0.1, 0.15) is 5.82 Å². The van der Waals surface area contributed by atoms with Gasteiger partial charge in [-0.05, 0) is 38.5 Å². The van der Waals surface area contributed by atoms with Crippen LogP contribution in [0.1, 0.15) is 38.8 Å². The van der Waals surface area contributed by atoms with Gasteiger partial charge in [0.2, 0.25) is 0 Å². The molecule has 2 atom stereocenters. The lowest BCUT2D eigenvalue weighted by atomic mass is 9.97. The minimum absolute atomic E-state index is 0.0796. The summed E-state index contributed by atoms with van der Waals surface area (Å²) < 4.78 is 13.4. The number of nitrogens with two attached hydrogens (primary N) is 1. The molecule has 0 aliphatic carbocycles. The molecule has 4 heteroatoms. The molecular weight excluding hydrogens is 241 g/mol. The largest absolute Gasteiger partial charge is 0.326 e. The maximum absolute atomic E-state index is 13.4. The summed E-state index contributed by atoms with van der Waals surface area (Å²) in [5.41, 5.74) is 6.94. The highest BCUT2D eigenvalue weighted by molar-refractivity contribution is 5.22. The first-order chi connectivity index (χ1) is 8.97. The van der Waals surface area contributed by atoms with Crippen molar-refractivity contribution in [3.63, 3.8) is 0 Å². The van der Waals surface area contributed by atoms with E-state index in [9.17, 15) is 4.39 Å². The highest BCUT2D eigenvalue weighted by Crippen LogP contribution is 2.26. The van der Waals surface area contributed by atoms with Crippen LogP contribution in [0.4, 0.5) is 4.39 Å². The highest BCUT2D eigenvalue weighted by Gasteiger charge is 2.26. The number of nitriles is 1. The Kier molecular flexibility index (Phi) is 5.94. The molecule has 0 amide bonds. The molecule has 1 aromatic carbocycles. The van der Waals surface area contributed by atoms with E-state index >= 15 is 0 Å². The van der Waals surface area contributed by atoms with E-state index in [2.05, 4.69) is 24.8 Å². The molecule has 0 saturated carbocycles. The fourth-order valence-electron chi connectivity index (χ4n) is 2.39. The molecule has 0 aliphatic rings. The van der Waals surface area contributed by atoms with Crippen molar-refractivity contribution in [1.82, 2.24) is 4.90 Å². The standard InChI is InChI=1S/C15H22FN3/c1-11(2)19(9-5-8-17)15(12(3)18)13-6-4-7-14(16)10-13/h4,6-7,10-12,15H,5,9,18H2,1-3H3. The smallest absolute Gasteiger partial charge is 0.123 e. The summed E-state index contributed by atoms with van der Waals surface area (Å²) in [6.45, 7) is 6.67. The third kappa shape index (κ3) is 4.30. The van der Waals surface area contributed by atoms with Gasteiger partial charge in [-0.3, -0.25) is 4.90 Å². The van der Waals surface area contributed by atoms with Gasteiger partial charge in [-0.25, -0.2) is 4.39 Å². The monoisotopic (exact) mass is 263 g/mol. The summed E-state index contributed by atoms with van der Waals surface area (Å²) >= 11 is 0. The Labute approximate surface area is 114 Å². The van der Waals surface area contributed by atoms with Crippen molar-refractivity contribution in [3.8, 4) is 6.07 Å². The van der Waals surface area contributed by atoms with Crippen molar-refractivity contribution < 1.29 is 4.39 Å². The van der Waals surface area contributed by atoms with Gasteiger partial charge < -0.3 is 5.73 Å². The van der Waals surface area contributed by atoms with Crippen molar-refractivity contribution in [3.05, 3.63) is 35.6 Å². The molecule has 104 valence electrons. The molecule has 19 heavy (non-hydrogen) atoms. The van der Waals surface area contributed by atoms with Crippen LogP contribution in [0.5, 0.6) is 0 Å². The third-order valence-electron chi connectivity index (χ3n) is 3.19. The van der Waals surface area contributed by atoms with Gasteiger partial charge in [0, 0.05) is 25.0 Å². The molecular formula is C15H22FN3. The topological polar surface area (TPSA) is 53.0 Å². The average molecular weight is 263 g/mol. The maximum Gasteiger partial charge on any atom is 0.123 e. The van der Waals surface area contributed by atoms with Crippen molar-refractivity contribution in [2.75, 3.05) is 6.54 Å². The lowest BCUT2D eigenvalue weighted by Gasteiger charge is -2.37. The van der Waals surface area contributed by atoms with E-state index in [1.54, 1.807) is 6.07 Å². The highest BCUT2D eigenvalue weighted by atomic mass is 19.1. The first-order valence-electron chi connectivity index (χ1n) is 6.61. The average Bonchev–Trinajstić information content (AvgIpc) is 2.33. The van der Waals surface area contributed by atoms with Crippen LogP contribution in [0, 0.1) is 17.1 Å². The predicted octanol–water partition coefficient (Wildman–Crippen LogP) is 2.84. The third-order valence-corrected chi connectivity index (χ3v) is 3.19. The second kappa shape index (κ2) is 7.22. The number of benzene rings is 1. The molecule has 0 heterocycles. The normalized spacial score (nSPS) is 14.4. The minimum Gasteiger partial charge on any atom is -0.326 e. The molecule has 2 unspecified atom stereocenters. The fraction of sp³-hybridized carbons (Fsp3) is 0.533. The van der Waals surface area contributed by atoms with Gasteiger partial charge in [0.05, 0.1) is 12.1 Å². The van der Waals surface area contributed by atoms with Crippen LogP contribution in [-0.2, 0) is 0 Å². The second-order valence-corrected chi connectivity index (χ2v) is 5.10. The molecule has 0 aromatic heterocycles. The summed E-state index contributed by atoms with van der Waals surface area (Å²) in [4.78, 5) is 2.16. The van der Waals surface area contributed by atoms with E-state index < -0.39 is 0 Å². The van der Waals surface area contributed by atoms with E-state index in [1.807, 2.05) is 13.0 Å². The van der Waals surface area contributed by atoms with Crippen LogP contribution >= 0.6 is 0 Å². The summed E-state index contributed by atoms with van der Waals surface area (Å²) in [6.07, 6.45) is 0.441.